The second-order valence-corrected chi connectivity index (χ2v) is 3.07. The summed E-state index contributed by atoms with van der Waals surface area (Å²) in [7, 11) is 0. The number of hydrogen-bond acceptors (Lipinski definition) is 2. The lowest BCUT2D eigenvalue weighted by Gasteiger charge is -2.05. The van der Waals surface area contributed by atoms with Crippen LogP contribution in [0.2, 0.25) is 0 Å². The molecule has 0 aliphatic rings. The zero-order chi connectivity index (χ0) is 11.1. The number of alkyl halides is 3. The third kappa shape index (κ3) is 1.68. The van der Waals surface area contributed by atoms with Gasteiger partial charge in [0.05, 0.1) is 18.3 Å². The number of hydrogen-bond donors (Lipinski definition) is 1. The summed E-state index contributed by atoms with van der Waals surface area (Å²) in [6.07, 6.45) is -2.12. The van der Waals surface area contributed by atoms with Crippen molar-refractivity contribution < 1.29 is 18.3 Å². The van der Waals surface area contributed by atoms with Crippen LogP contribution in [0.3, 0.4) is 0 Å². The van der Waals surface area contributed by atoms with Crippen LogP contribution >= 0.6 is 0 Å². The Labute approximate surface area is 82.8 Å². The normalized spacial score (nSPS) is 12.3. The summed E-state index contributed by atoms with van der Waals surface area (Å²) >= 11 is 0. The first-order chi connectivity index (χ1) is 7.02. The summed E-state index contributed by atoms with van der Waals surface area (Å²) in [5, 5.41) is 8.81. The number of nitrogens with zero attached hydrogens (tertiary/aromatic N) is 2. The number of pyridine rings is 1. The van der Waals surface area contributed by atoms with E-state index in [-0.39, 0.29) is 6.61 Å². The van der Waals surface area contributed by atoms with Gasteiger partial charge in [0.25, 0.3) is 0 Å². The van der Waals surface area contributed by atoms with E-state index >= 15 is 0 Å². The van der Waals surface area contributed by atoms with Gasteiger partial charge in [0.2, 0.25) is 5.82 Å². The molecule has 0 fully saturated rings. The molecule has 0 spiro atoms. The Morgan fingerprint density at radius 1 is 1.33 bits per heavy atom. The van der Waals surface area contributed by atoms with Gasteiger partial charge in [-0.3, -0.25) is 4.40 Å². The van der Waals surface area contributed by atoms with E-state index in [1.54, 1.807) is 6.07 Å². The first kappa shape index (κ1) is 9.97. The number of rotatable bonds is 1. The van der Waals surface area contributed by atoms with Gasteiger partial charge in [-0.05, 0) is 11.6 Å². The summed E-state index contributed by atoms with van der Waals surface area (Å²) in [6, 6.07) is 3.03. The number of halogens is 3. The summed E-state index contributed by atoms with van der Waals surface area (Å²) in [4.78, 5) is 3.30. The van der Waals surface area contributed by atoms with E-state index in [4.69, 9.17) is 5.11 Å². The first-order valence-electron chi connectivity index (χ1n) is 4.16. The largest absolute Gasteiger partial charge is 0.450 e. The molecular formula is C9H7F3N2O. The van der Waals surface area contributed by atoms with Crippen LogP contribution in [0.4, 0.5) is 13.2 Å². The maximum Gasteiger partial charge on any atom is 0.450 e. The predicted molar refractivity (Wildman–Crippen MR) is 46.1 cm³/mol. The first-order valence-corrected chi connectivity index (χ1v) is 4.16. The van der Waals surface area contributed by atoms with Crippen molar-refractivity contribution in [2.75, 3.05) is 0 Å². The number of fused-ring (bicyclic) bond motifs is 1. The van der Waals surface area contributed by atoms with Gasteiger partial charge in [-0.2, -0.15) is 13.2 Å². The van der Waals surface area contributed by atoms with Gasteiger partial charge in [0.15, 0.2) is 0 Å². The molecule has 0 aromatic carbocycles. The van der Waals surface area contributed by atoms with Gasteiger partial charge >= 0.3 is 6.18 Å². The highest BCUT2D eigenvalue weighted by Gasteiger charge is 2.35. The fourth-order valence-corrected chi connectivity index (χ4v) is 1.34. The van der Waals surface area contributed by atoms with E-state index < -0.39 is 12.0 Å². The topological polar surface area (TPSA) is 37.5 Å². The maximum absolute atomic E-state index is 12.4. The van der Waals surface area contributed by atoms with Crippen LogP contribution < -0.4 is 0 Å². The molecule has 0 saturated carbocycles. The number of aliphatic hydroxyl groups is 1. The Balaban J connectivity index is 2.67. The molecule has 0 atom stereocenters. The zero-order valence-corrected chi connectivity index (χ0v) is 7.49. The van der Waals surface area contributed by atoms with Crippen molar-refractivity contribution in [3.8, 4) is 0 Å². The molecule has 2 heterocycles. The van der Waals surface area contributed by atoms with Crippen molar-refractivity contribution in [2.24, 2.45) is 0 Å². The minimum Gasteiger partial charge on any atom is -0.392 e. The van der Waals surface area contributed by atoms with E-state index in [2.05, 4.69) is 4.98 Å². The van der Waals surface area contributed by atoms with Gasteiger partial charge < -0.3 is 5.11 Å². The lowest BCUT2D eigenvalue weighted by molar-refractivity contribution is -0.145. The third-order valence-electron chi connectivity index (χ3n) is 2.02. The second-order valence-electron chi connectivity index (χ2n) is 3.07. The molecule has 0 bridgehead atoms. The molecule has 2 aromatic heterocycles. The molecule has 0 radical (unpaired) electrons. The Kier molecular flexibility index (Phi) is 2.15. The van der Waals surface area contributed by atoms with Crippen LogP contribution in [0.15, 0.2) is 24.5 Å². The van der Waals surface area contributed by atoms with E-state index in [0.717, 1.165) is 10.6 Å². The summed E-state index contributed by atoms with van der Waals surface area (Å²) < 4.78 is 38.2. The summed E-state index contributed by atoms with van der Waals surface area (Å²) in [5.74, 6) is -0.979. The number of aromatic nitrogens is 2. The van der Waals surface area contributed by atoms with Gasteiger partial charge in [0, 0.05) is 6.20 Å². The highest BCUT2D eigenvalue weighted by molar-refractivity contribution is 5.47. The SMILES string of the molecule is OCc1ccc2cnc(C(F)(F)F)n2c1. The Hall–Kier alpha value is -1.56. The molecule has 2 rings (SSSR count). The van der Waals surface area contributed by atoms with Crippen LogP contribution in [-0.2, 0) is 12.8 Å². The monoisotopic (exact) mass is 216 g/mol. The quantitative estimate of drug-likeness (QED) is 0.789. The number of aliphatic hydroxyl groups excluding tert-OH is 1. The van der Waals surface area contributed by atoms with Gasteiger partial charge in [-0.1, -0.05) is 6.07 Å². The van der Waals surface area contributed by atoms with Crippen LogP contribution in [-0.4, -0.2) is 14.5 Å². The van der Waals surface area contributed by atoms with Crippen molar-refractivity contribution in [2.45, 2.75) is 12.8 Å². The van der Waals surface area contributed by atoms with E-state index in [9.17, 15) is 13.2 Å². The van der Waals surface area contributed by atoms with Crippen LogP contribution in [0.5, 0.6) is 0 Å². The van der Waals surface area contributed by atoms with Gasteiger partial charge in [-0.15, -0.1) is 0 Å². The highest BCUT2D eigenvalue weighted by Crippen LogP contribution is 2.28. The fraction of sp³-hybridized carbons (Fsp3) is 0.222. The van der Waals surface area contributed by atoms with Crippen molar-refractivity contribution >= 4 is 5.52 Å². The minimum absolute atomic E-state index is 0.300. The van der Waals surface area contributed by atoms with Crippen molar-refractivity contribution in [3.05, 3.63) is 35.9 Å². The van der Waals surface area contributed by atoms with Crippen molar-refractivity contribution in [3.63, 3.8) is 0 Å². The molecule has 0 saturated heterocycles. The van der Waals surface area contributed by atoms with Crippen molar-refractivity contribution in [1.29, 1.82) is 0 Å². The Bertz CT molecular complexity index is 490. The van der Waals surface area contributed by atoms with E-state index in [1.807, 2.05) is 0 Å². The molecule has 0 unspecified atom stereocenters. The van der Waals surface area contributed by atoms with E-state index in [1.165, 1.54) is 12.3 Å². The summed E-state index contributed by atoms with van der Waals surface area (Å²) in [5.41, 5.74) is 0.755. The van der Waals surface area contributed by atoms with Crippen molar-refractivity contribution in [1.82, 2.24) is 9.38 Å². The van der Waals surface area contributed by atoms with Crippen LogP contribution in [0, 0.1) is 0 Å². The molecular weight excluding hydrogens is 209 g/mol. The standard InChI is InChI=1S/C9H7F3N2O/c10-9(11,12)8-13-3-7-2-1-6(5-15)4-14(7)8/h1-4,15H,5H2. The molecule has 80 valence electrons. The molecule has 0 aliphatic heterocycles. The smallest absolute Gasteiger partial charge is 0.392 e. The lowest BCUT2D eigenvalue weighted by atomic mass is 10.3. The second kappa shape index (κ2) is 3.23. The molecule has 3 nitrogen and oxygen atoms in total. The fourth-order valence-electron chi connectivity index (χ4n) is 1.34. The van der Waals surface area contributed by atoms with Gasteiger partial charge in [0.1, 0.15) is 0 Å². The Morgan fingerprint density at radius 3 is 2.67 bits per heavy atom. The van der Waals surface area contributed by atoms with Crippen LogP contribution in [0.25, 0.3) is 5.52 Å². The third-order valence-corrected chi connectivity index (χ3v) is 2.02. The molecule has 0 aliphatic carbocycles. The molecule has 15 heavy (non-hydrogen) atoms. The average Bonchev–Trinajstić information content (AvgIpc) is 2.59. The lowest BCUT2D eigenvalue weighted by Crippen LogP contribution is -2.10. The maximum atomic E-state index is 12.4. The molecule has 1 N–H and O–H groups in total. The molecule has 2 aromatic rings. The van der Waals surface area contributed by atoms with E-state index in [0.29, 0.717) is 11.1 Å². The summed E-state index contributed by atoms with van der Waals surface area (Å²) in [6.45, 7) is -0.300. The average molecular weight is 216 g/mol. The predicted octanol–water partition coefficient (Wildman–Crippen LogP) is 1.85. The minimum atomic E-state index is -4.49. The highest BCUT2D eigenvalue weighted by atomic mass is 19.4. The van der Waals surface area contributed by atoms with Crippen LogP contribution in [0.1, 0.15) is 11.4 Å². The van der Waals surface area contributed by atoms with Gasteiger partial charge in [-0.25, -0.2) is 4.98 Å². The molecule has 6 heteroatoms. The zero-order valence-electron chi connectivity index (χ0n) is 7.49. The molecule has 0 amide bonds. The number of imidazole rings is 1. The Morgan fingerprint density at radius 2 is 2.07 bits per heavy atom.